The van der Waals surface area contributed by atoms with E-state index in [2.05, 4.69) is 16.8 Å². The van der Waals surface area contributed by atoms with Gasteiger partial charge >= 0.3 is 5.97 Å². The number of hydrogen-bond donors (Lipinski definition) is 1. The van der Waals surface area contributed by atoms with E-state index >= 15 is 0 Å². The average Bonchev–Trinajstić information content (AvgIpc) is 3.36. The number of hydrogen-bond acceptors (Lipinski definition) is 5. The quantitative estimate of drug-likeness (QED) is 0.800. The number of rotatable bonds is 8. The second kappa shape index (κ2) is 5.93. The zero-order chi connectivity index (χ0) is 15.0. The van der Waals surface area contributed by atoms with Gasteiger partial charge < -0.3 is 14.7 Å². The van der Waals surface area contributed by atoms with Crippen molar-refractivity contribution in [2.75, 3.05) is 25.2 Å². The summed E-state index contributed by atoms with van der Waals surface area (Å²) in [7, 11) is 1.69. The molecule has 6 heteroatoms. The number of ether oxygens (including phenoxy) is 1. The minimum absolute atomic E-state index is 0.363. The van der Waals surface area contributed by atoms with Gasteiger partial charge in [0.25, 0.3) is 0 Å². The topological polar surface area (TPSA) is 62.7 Å². The molecule has 1 atom stereocenters. The zero-order valence-corrected chi connectivity index (χ0v) is 13.4. The van der Waals surface area contributed by atoms with Gasteiger partial charge in [-0.25, -0.2) is 9.78 Å². The van der Waals surface area contributed by atoms with Gasteiger partial charge in [-0.15, -0.1) is 0 Å². The van der Waals surface area contributed by atoms with E-state index in [1.165, 1.54) is 24.2 Å². The lowest BCUT2D eigenvalue weighted by Crippen LogP contribution is -2.37. The van der Waals surface area contributed by atoms with Gasteiger partial charge in [0.2, 0.25) is 0 Å². The highest BCUT2D eigenvalue weighted by Gasteiger charge is 2.36. The van der Waals surface area contributed by atoms with Gasteiger partial charge in [0.1, 0.15) is 4.88 Å². The molecule has 1 aromatic rings. The van der Waals surface area contributed by atoms with Crippen molar-refractivity contribution < 1.29 is 14.6 Å². The van der Waals surface area contributed by atoms with E-state index in [0.717, 1.165) is 30.2 Å². The average molecular weight is 310 g/mol. The van der Waals surface area contributed by atoms with Crippen molar-refractivity contribution >= 4 is 22.4 Å². The van der Waals surface area contributed by atoms with Crippen LogP contribution in [0.25, 0.3) is 0 Å². The first-order valence-corrected chi connectivity index (χ1v) is 8.43. The van der Waals surface area contributed by atoms with E-state index in [9.17, 15) is 9.90 Å². The molecule has 0 aromatic carbocycles. The third-order valence-corrected chi connectivity index (χ3v) is 5.47. The molecule has 1 heterocycles. The van der Waals surface area contributed by atoms with Crippen LogP contribution in [0.3, 0.4) is 0 Å². The third kappa shape index (κ3) is 3.21. The first-order valence-electron chi connectivity index (χ1n) is 7.61. The second-order valence-electron chi connectivity index (χ2n) is 6.05. The number of carbonyl (C=O) groups is 1. The molecule has 5 nitrogen and oxygen atoms in total. The maximum atomic E-state index is 11.4. The highest BCUT2D eigenvalue weighted by atomic mass is 32.1. The Balaban J connectivity index is 1.86. The number of methoxy groups -OCH3 is 1. The highest BCUT2D eigenvalue weighted by molar-refractivity contribution is 7.17. The Hall–Kier alpha value is -1.14. The summed E-state index contributed by atoms with van der Waals surface area (Å²) in [6.45, 7) is 3.62. The van der Waals surface area contributed by atoms with Crippen LogP contribution in [0.2, 0.25) is 0 Å². The lowest BCUT2D eigenvalue weighted by atomic mass is 10.2. The molecule has 0 bridgehead atoms. The Labute approximate surface area is 128 Å². The van der Waals surface area contributed by atoms with Crippen LogP contribution < -0.4 is 4.90 Å². The summed E-state index contributed by atoms with van der Waals surface area (Å²) in [6.07, 6.45) is 4.66. The summed E-state index contributed by atoms with van der Waals surface area (Å²) < 4.78 is 5.21. The van der Waals surface area contributed by atoms with E-state index in [4.69, 9.17) is 4.74 Å². The van der Waals surface area contributed by atoms with Crippen LogP contribution in [-0.2, 0) is 4.74 Å². The van der Waals surface area contributed by atoms with Crippen molar-refractivity contribution in [1.82, 2.24) is 4.98 Å². The molecular formula is C15H22N2O3S. The first kappa shape index (κ1) is 14.8. The number of carboxylic acids is 1. The van der Waals surface area contributed by atoms with Gasteiger partial charge in [0.05, 0.1) is 12.3 Å². The number of aromatic carboxylic acids is 1. The monoisotopic (exact) mass is 310 g/mol. The molecule has 2 aliphatic rings. The van der Waals surface area contributed by atoms with Crippen molar-refractivity contribution in [3.8, 4) is 0 Å². The van der Waals surface area contributed by atoms with Crippen LogP contribution in [0.5, 0.6) is 0 Å². The lowest BCUT2D eigenvalue weighted by molar-refractivity contribution is 0.0700. The van der Waals surface area contributed by atoms with Gasteiger partial charge in [-0.3, -0.25) is 0 Å². The normalized spacial score (nSPS) is 19.5. The van der Waals surface area contributed by atoms with Crippen LogP contribution in [0.4, 0.5) is 5.13 Å². The Morgan fingerprint density at radius 1 is 1.48 bits per heavy atom. The number of aromatic nitrogens is 1. The zero-order valence-electron chi connectivity index (χ0n) is 12.5. The summed E-state index contributed by atoms with van der Waals surface area (Å²) in [5, 5.41) is 10.3. The SMILES string of the molecule is COCCN(c1nc(C2CC2)c(C(=O)O)s1)C(C)C1CC1. The highest BCUT2D eigenvalue weighted by Crippen LogP contribution is 2.45. The van der Waals surface area contributed by atoms with Crippen LogP contribution >= 0.6 is 11.3 Å². The summed E-state index contributed by atoms with van der Waals surface area (Å²) >= 11 is 1.33. The lowest BCUT2D eigenvalue weighted by Gasteiger charge is -2.28. The predicted octanol–water partition coefficient (Wildman–Crippen LogP) is 2.97. The molecule has 2 aliphatic carbocycles. The minimum Gasteiger partial charge on any atom is -0.477 e. The van der Waals surface area contributed by atoms with E-state index in [1.807, 2.05) is 0 Å². The molecule has 0 spiro atoms. The van der Waals surface area contributed by atoms with Crippen LogP contribution in [0.15, 0.2) is 0 Å². The molecule has 0 saturated heterocycles. The Bertz CT molecular complexity index is 523. The van der Waals surface area contributed by atoms with Crippen molar-refractivity contribution in [1.29, 1.82) is 0 Å². The van der Waals surface area contributed by atoms with E-state index in [1.54, 1.807) is 7.11 Å². The van der Waals surface area contributed by atoms with Crippen LogP contribution in [0, 0.1) is 5.92 Å². The molecule has 0 amide bonds. The summed E-state index contributed by atoms with van der Waals surface area (Å²) in [5.41, 5.74) is 0.799. The smallest absolute Gasteiger partial charge is 0.347 e. The maximum absolute atomic E-state index is 11.4. The van der Waals surface area contributed by atoms with Crippen LogP contribution in [0.1, 0.15) is 53.9 Å². The largest absolute Gasteiger partial charge is 0.477 e. The summed E-state index contributed by atoms with van der Waals surface area (Å²) in [6, 6.07) is 0.403. The molecular weight excluding hydrogens is 288 g/mol. The van der Waals surface area contributed by atoms with E-state index in [-0.39, 0.29) is 0 Å². The van der Waals surface area contributed by atoms with Crippen molar-refractivity contribution in [2.24, 2.45) is 5.92 Å². The Morgan fingerprint density at radius 3 is 2.71 bits per heavy atom. The maximum Gasteiger partial charge on any atom is 0.347 e. The third-order valence-electron chi connectivity index (χ3n) is 4.38. The molecule has 1 aromatic heterocycles. The van der Waals surface area contributed by atoms with Gasteiger partial charge in [0.15, 0.2) is 5.13 Å². The summed E-state index contributed by atoms with van der Waals surface area (Å²) in [4.78, 5) is 18.8. The molecule has 1 unspecified atom stereocenters. The molecule has 3 rings (SSSR count). The van der Waals surface area contributed by atoms with E-state index < -0.39 is 5.97 Å². The molecule has 116 valence electrons. The molecule has 21 heavy (non-hydrogen) atoms. The van der Waals surface area contributed by atoms with E-state index in [0.29, 0.717) is 29.4 Å². The van der Waals surface area contributed by atoms with Gasteiger partial charge in [0, 0.05) is 25.6 Å². The first-order chi connectivity index (χ1) is 10.1. The van der Waals surface area contributed by atoms with Crippen molar-refractivity contribution in [3.05, 3.63) is 10.6 Å². The standard InChI is InChI=1S/C15H22N2O3S/c1-9(10-3-4-10)17(7-8-20-2)15-16-12(11-5-6-11)13(21-15)14(18)19/h9-11H,3-8H2,1-2H3,(H,18,19). The molecule has 2 saturated carbocycles. The molecule has 2 fully saturated rings. The van der Waals surface area contributed by atoms with Gasteiger partial charge in [-0.05, 0) is 38.5 Å². The van der Waals surface area contributed by atoms with Gasteiger partial charge in [-0.2, -0.15) is 0 Å². The number of carboxylic acid groups (broad SMARTS) is 1. The fourth-order valence-electron chi connectivity index (χ4n) is 2.73. The Kier molecular flexibility index (Phi) is 4.17. The van der Waals surface area contributed by atoms with Gasteiger partial charge in [-0.1, -0.05) is 11.3 Å². The van der Waals surface area contributed by atoms with Crippen molar-refractivity contribution in [3.63, 3.8) is 0 Å². The number of nitrogens with zero attached hydrogens (tertiary/aromatic N) is 2. The molecule has 0 radical (unpaired) electrons. The number of anilines is 1. The Morgan fingerprint density at radius 2 is 2.19 bits per heavy atom. The fourth-order valence-corrected chi connectivity index (χ4v) is 3.83. The molecule has 0 aliphatic heterocycles. The minimum atomic E-state index is -0.841. The molecule has 1 N–H and O–H groups in total. The number of thiazole rings is 1. The van der Waals surface area contributed by atoms with Crippen LogP contribution in [-0.4, -0.2) is 42.4 Å². The van der Waals surface area contributed by atoms with Crippen molar-refractivity contribution in [2.45, 2.75) is 44.6 Å². The predicted molar refractivity (Wildman–Crippen MR) is 82.5 cm³/mol. The second-order valence-corrected chi connectivity index (χ2v) is 7.03. The fraction of sp³-hybridized carbons (Fsp3) is 0.733. The summed E-state index contributed by atoms with van der Waals surface area (Å²) in [5.74, 6) is 0.233.